The van der Waals surface area contributed by atoms with Gasteiger partial charge in [-0.2, -0.15) is 26.3 Å². The number of piperidine rings is 1. The fourth-order valence-electron chi connectivity index (χ4n) is 5.66. The van der Waals surface area contributed by atoms with E-state index in [0.29, 0.717) is 30.9 Å². The van der Waals surface area contributed by atoms with Crippen LogP contribution in [-0.2, 0) is 21.9 Å². The number of alkyl halides is 7. The van der Waals surface area contributed by atoms with Crippen molar-refractivity contribution < 1.29 is 40.3 Å². The minimum absolute atomic E-state index is 0.0169. The highest BCUT2D eigenvalue weighted by atomic mass is 19.4. The second kappa shape index (κ2) is 10.7. The summed E-state index contributed by atoms with van der Waals surface area (Å²) in [6, 6.07) is 6.28. The highest BCUT2D eigenvalue weighted by Crippen LogP contribution is 2.44. The van der Waals surface area contributed by atoms with Crippen LogP contribution in [0.5, 0.6) is 0 Å². The number of anilines is 2. The molecule has 2 heterocycles. The number of carbonyl (C=O) groups excluding carboxylic acids is 2. The van der Waals surface area contributed by atoms with Crippen molar-refractivity contribution >= 4 is 23.2 Å². The number of aryl methyl sites for hydroxylation is 2. The van der Waals surface area contributed by atoms with E-state index in [9.17, 15) is 40.3 Å². The topological polar surface area (TPSA) is 52.6 Å². The first-order valence-electron chi connectivity index (χ1n) is 12.9. The largest absolute Gasteiger partial charge is 0.416 e. The molecule has 0 aliphatic carbocycles. The maximum Gasteiger partial charge on any atom is 0.416 e. The molecule has 2 aromatic carbocycles. The third-order valence-corrected chi connectivity index (χ3v) is 7.94. The molecule has 2 aliphatic heterocycles. The van der Waals surface area contributed by atoms with Gasteiger partial charge in [0.2, 0.25) is 11.8 Å². The summed E-state index contributed by atoms with van der Waals surface area (Å²) in [5.74, 6) is -2.24. The highest BCUT2D eigenvalue weighted by Gasteiger charge is 2.56. The van der Waals surface area contributed by atoms with Gasteiger partial charge in [-0.05, 0) is 56.0 Å². The van der Waals surface area contributed by atoms with Gasteiger partial charge in [0, 0.05) is 37.6 Å². The van der Waals surface area contributed by atoms with Crippen LogP contribution in [0.3, 0.4) is 0 Å². The van der Waals surface area contributed by atoms with Crippen LogP contribution in [0, 0.1) is 25.2 Å². The molecule has 2 aromatic rings. The molecule has 0 bridgehead atoms. The van der Waals surface area contributed by atoms with Crippen LogP contribution in [0.1, 0.15) is 42.0 Å². The van der Waals surface area contributed by atoms with E-state index in [4.69, 9.17) is 0 Å². The fourth-order valence-corrected chi connectivity index (χ4v) is 5.66. The van der Waals surface area contributed by atoms with Crippen molar-refractivity contribution in [2.24, 2.45) is 11.3 Å². The number of nitrogens with zero attached hydrogens (tertiary/aromatic N) is 2. The van der Waals surface area contributed by atoms with Gasteiger partial charge in [-0.3, -0.25) is 9.59 Å². The first-order chi connectivity index (χ1) is 18.5. The lowest BCUT2D eigenvalue weighted by molar-refractivity contribution is -0.143. The first-order valence-corrected chi connectivity index (χ1v) is 12.9. The van der Waals surface area contributed by atoms with Gasteiger partial charge < -0.3 is 15.1 Å². The summed E-state index contributed by atoms with van der Waals surface area (Å²) < 4.78 is 94.5. The van der Waals surface area contributed by atoms with Crippen LogP contribution in [0.2, 0.25) is 0 Å². The van der Waals surface area contributed by atoms with Crippen molar-refractivity contribution in [3.63, 3.8) is 0 Å². The summed E-state index contributed by atoms with van der Waals surface area (Å²) in [5.41, 5.74) is -3.23. The summed E-state index contributed by atoms with van der Waals surface area (Å²) in [6.45, 7) is 5.55. The van der Waals surface area contributed by atoms with Crippen molar-refractivity contribution in [1.82, 2.24) is 4.90 Å². The normalized spacial score (nSPS) is 23.1. The van der Waals surface area contributed by atoms with Crippen LogP contribution in [-0.4, -0.2) is 49.1 Å². The van der Waals surface area contributed by atoms with Crippen molar-refractivity contribution in [3.05, 3.63) is 58.7 Å². The molecule has 218 valence electrons. The van der Waals surface area contributed by atoms with Crippen LogP contribution in [0.25, 0.3) is 0 Å². The number of para-hydroxylation sites is 1. The Morgan fingerprint density at radius 3 is 2.00 bits per heavy atom. The van der Waals surface area contributed by atoms with Gasteiger partial charge in [-0.25, -0.2) is 4.39 Å². The molecular formula is C28H30F7N3O2. The summed E-state index contributed by atoms with van der Waals surface area (Å²) >= 11 is 0. The summed E-state index contributed by atoms with van der Waals surface area (Å²) in [5, 5.41) is 2.28. The number of benzene rings is 2. The molecule has 0 radical (unpaired) electrons. The molecule has 0 aromatic heterocycles. The Labute approximate surface area is 227 Å². The van der Waals surface area contributed by atoms with Crippen LogP contribution in [0.15, 0.2) is 36.4 Å². The van der Waals surface area contributed by atoms with Crippen molar-refractivity contribution in [3.8, 4) is 0 Å². The quantitative estimate of drug-likeness (QED) is 0.423. The molecule has 40 heavy (non-hydrogen) atoms. The van der Waals surface area contributed by atoms with E-state index in [0.717, 1.165) is 11.1 Å². The molecule has 2 aliphatic rings. The summed E-state index contributed by atoms with van der Waals surface area (Å²) in [4.78, 5) is 30.8. The van der Waals surface area contributed by atoms with Crippen molar-refractivity contribution in [2.45, 2.75) is 52.1 Å². The molecule has 1 N–H and O–H groups in total. The Bertz CT molecular complexity index is 1230. The van der Waals surface area contributed by atoms with E-state index in [1.165, 1.54) is 11.8 Å². The zero-order chi connectivity index (χ0) is 29.6. The molecule has 12 heteroatoms. The molecule has 1 unspecified atom stereocenters. The Hall–Kier alpha value is -3.15. The molecule has 4 rings (SSSR count). The predicted octanol–water partition coefficient (Wildman–Crippen LogP) is 6.38. The third-order valence-electron chi connectivity index (χ3n) is 7.94. The number of carbonyl (C=O) groups is 2. The number of halogens is 7. The second-order valence-electron chi connectivity index (χ2n) is 10.7. The van der Waals surface area contributed by atoms with E-state index in [2.05, 4.69) is 5.32 Å². The highest BCUT2D eigenvalue weighted by molar-refractivity contribution is 6.08. The predicted molar refractivity (Wildman–Crippen MR) is 136 cm³/mol. The number of amides is 2. The van der Waals surface area contributed by atoms with Crippen LogP contribution in [0.4, 0.5) is 42.1 Å². The van der Waals surface area contributed by atoms with E-state index in [1.807, 2.05) is 11.0 Å². The number of hydrogen-bond acceptors (Lipinski definition) is 3. The monoisotopic (exact) mass is 573 g/mol. The molecule has 2 saturated heterocycles. The van der Waals surface area contributed by atoms with E-state index in [1.54, 1.807) is 26.0 Å². The van der Waals surface area contributed by atoms with Crippen molar-refractivity contribution in [2.75, 3.05) is 36.4 Å². The van der Waals surface area contributed by atoms with Crippen LogP contribution >= 0.6 is 0 Å². The molecule has 0 saturated carbocycles. The second-order valence-corrected chi connectivity index (χ2v) is 10.7. The van der Waals surface area contributed by atoms with E-state index in [-0.39, 0.29) is 32.0 Å². The molecule has 0 spiro atoms. The molecule has 5 nitrogen and oxygen atoms in total. The van der Waals surface area contributed by atoms with Gasteiger partial charge in [-0.15, -0.1) is 0 Å². The maximum atomic E-state index is 13.9. The number of likely N-dealkylation sites (tertiary alicyclic amines) is 1. The van der Waals surface area contributed by atoms with Crippen LogP contribution < -0.4 is 10.2 Å². The molecule has 2 fully saturated rings. The van der Waals surface area contributed by atoms with Gasteiger partial charge in [0.05, 0.1) is 22.5 Å². The Morgan fingerprint density at radius 1 is 0.975 bits per heavy atom. The minimum Gasteiger partial charge on any atom is -0.325 e. The standard InChI is InChI=1S/C28H30F7N3O2/c1-16-5-4-6-17(2)23(16)38-15-26(18(3)24(38)39,14-37-9-7-21(29)8-10-37)25(40)36-22-12-19(27(30,31)32)11-20(13-22)28(33,34)35/h4-6,11-13,18,21H,7-10,14-15H2,1-3H3,(H,36,40)/t18?,26-/m1/s1. The Kier molecular flexibility index (Phi) is 7.96. The fraction of sp³-hybridized carbons (Fsp3) is 0.500. The summed E-state index contributed by atoms with van der Waals surface area (Å²) in [6.07, 6.45) is -10.8. The summed E-state index contributed by atoms with van der Waals surface area (Å²) in [7, 11) is 0. The van der Waals surface area contributed by atoms with Crippen molar-refractivity contribution in [1.29, 1.82) is 0 Å². The number of hydrogen-bond donors (Lipinski definition) is 1. The lowest BCUT2D eigenvalue weighted by Gasteiger charge is -2.38. The lowest BCUT2D eigenvalue weighted by Crippen LogP contribution is -2.52. The first kappa shape index (κ1) is 29.8. The average Bonchev–Trinajstić information content (AvgIpc) is 3.10. The van der Waals surface area contributed by atoms with Gasteiger partial charge in [0.1, 0.15) is 6.17 Å². The smallest absolute Gasteiger partial charge is 0.325 e. The molecular weight excluding hydrogens is 543 g/mol. The third kappa shape index (κ3) is 5.82. The number of nitrogens with one attached hydrogen (secondary N) is 1. The maximum absolute atomic E-state index is 13.9. The molecule has 2 atom stereocenters. The zero-order valence-corrected chi connectivity index (χ0v) is 22.2. The SMILES string of the molecule is Cc1cccc(C)c1N1C[C@@](CN2CCC(F)CC2)(C(=O)Nc2cc(C(F)(F)F)cc(C(F)(F)F)c2)C(C)C1=O. The lowest BCUT2D eigenvalue weighted by atomic mass is 9.76. The van der Waals surface area contributed by atoms with Gasteiger partial charge in [0.15, 0.2) is 0 Å². The average molecular weight is 574 g/mol. The Balaban J connectivity index is 1.76. The van der Waals surface area contributed by atoms with Gasteiger partial charge in [0.25, 0.3) is 0 Å². The Morgan fingerprint density at radius 2 is 1.50 bits per heavy atom. The van der Waals surface area contributed by atoms with E-state index < -0.39 is 58.5 Å². The van der Waals surface area contributed by atoms with Gasteiger partial charge >= 0.3 is 12.4 Å². The minimum atomic E-state index is -5.09. The number of rotatable bonds is 5. The molecule has 2 amide bonds. The van der Waals surface area contributed by atoms with Gasteiger partial charge in [-0.1, -0.05) is 25.1 Å². The van der Waals surface area contributed by atoms with E-state index >= 15 is 0 Å². The zero-order valence-electron chi connectivity index (χ0n) is 22.2.